The summed E-state index contributed by atoms with van der Waals surface area (Å²) in [5.41, 5.74) is -8.80. The molecule has 0 aliphatic carbocycles. The van der Waals surface area contributed by atoms with E-state index in [1.165, 1.54) is 0 Å². The molecule has 2 aromatic rings. The van der Waals surface area contributed by atoms with Crippen LogP contribution in [0.15, 0.2) is 36.4 Å². The van der Waals surface area contributed by atoms with Gasteiger partial charge in [0.05, 0.1) is 22.3 Å². The summed E-state index contributed by atoms with van der Waals surface area (Å²) in [7, 11) is 0.370. The summed E-state index contributed by atoms with van der Waals surface area (Å²) in [6, 6.07) is 0.298. The van der Waals surface area contributed by atoms with Gasteiger partial charge in [-0.15, -0.1) is 0 Å². The molecule has 2 radical (unpaired) electrons. The van der Waals surface area contributed by atoms with Crippen LogP contribution in [0.2, 0.25) is 0 Å². The first-order valence-electron chi connectivity index (χ1n) is 7.31. The zero-order valence-electron chi connectivity index (χ0n) is 14.6. The lowest BCUT2D eigenvalue weighted by Gasteiger charge is -2.16. The molecule has 14 heteroatoms. The van der Waals surface area contributed by atoms with Crippen molar-refractivity contribution in [3.05, 3.63) is 58.7 Å². The predicted molar refractivity (Wildman–Crippen MR) is 86.5 cm³/mol. The minimum absolute atomic E-state index is 0. The molecule has 0 aliphatic rings. The third kappa shape index (κ3) is 6.60. The lowest BCUT2D eigenvalue weighted by Crippen LogP contribution is -2.31. The van der Waals surface area contributed by atoms with Crippen LogP contribution in [0.4, 0.5) is 52.7 Å². The first kappa shape index (κ1) is 26.2. The van der Waals surface area contributed by atoms with Crippen LogP contribution in [-0.2, 0) is 24.7 Å². The minimum atomic E-state index is -5.23. The Morgan fingerprint density at radius 1 is 0.400 bits per heavy atom. The second kappa shape index (κ2) is 8.38. The van der Waals surface area contributed by atoms with Crippen molar-refractivity contribution in [2.45, 2.75) is 24.7 Å². The number of rotatable bonds is 2. The molecule has 0 saturated heterocycles. The van der Waals surface area contributed by atoms with Crippen LogP contribution in [0, 0.1) is 0 Å². The molecule has 0 N–H and O–H groups in total. The monoisotopic (exact) mass is 466 g/mol. The molecular formula is C16H8AlBF12. The van der Waals surface area contributed by atoms with Gasteiger partial charge in [0, 0.05) is 0 Å². The van der Waals surface area contributed by atoms with Crippen molar-refractivity contribution in [1.82, 2.24) is 0 Å². The third-order valence-electron chi connectivity index (χ3n) is 3.55. The molecule has 2 rings (SSSR count). The molecule has 0 aromatic heterocycles. The van der Waals surface area contributed by atoms with E-state index in [-0.39, 0.29) is 53.8 Å². The van der Waals surface area contributed by atoms with Crippen molar-refractivity contribution in [2.75, 3.05) is 0 Å². The molecule has 0 unspecified atom stereocenters. The van der Waals surface area contributed by atoms with Gasteiger partial charge < -0.3 is 0 Å². The van der Waals surface area contributed by atoms with Crippen molar-refractivity contribution in [1.29, 1.82) is 0 Å². The highest BCUT2D eigenvalue weighted by atomic mass is 27.0. The van der Waals surface area contributed by atoms with Gasteiger partial charge in [0.15, 0.2) is 7.28 Å². The normalized spacial score (nSPS) is 13.1. The van der Waals surface area contributed by atoms with Crippen LogP contribution in [0.1, 0.15) is 22.3 Å². The molecule has 30 heavy (non-hydrogen) atoms. The fraction of sp³-hybridized carbons (Fsp3) is 0.250. The van der Waals surface area contributed by atoms with Crippen LogP contribution >= 0.6 is 0 Å². The predicted octanol–water partition coefficient (Wildman–Crippen LogP) is 4.50. The van der Waals surface area contributed by atoms with E-state index >= 15 is 0 Å². The number of halogens is 12. The van der Waals surface area contributed by atoms with Gasteiger partial charge in [-0.25, -0.2) is 0 Å². The number of alkyl halides is 12. The van der Waals surface area contributed by atoms with Gasteiger partial charge in [-0.1, -0.05) is 35.2 Å². The van der Waals surface area contributed by atoms with E-state index in [1.54, 1.807) is 0 Å². The lowest BCUT2D eigenvalue weighted by molar-refractivity contribution is -0.144. The fourth-order valence-electron chi connectivity index (χ4n) is 2.32. The number of hydrogen-bond acceptors (Lipinski definition) is 0. The smallest absolute Gasteiger partial charge is 0.166 e. The van der Waals surface area contributed by atoms with Gasteiger partial charge in [-0.3, -0.25) is 0 Å². The van der Waals surface area contributed by atoms with Crippen molar-refractivity contribution < 1.29 is 52.7 Å². The summed E-state index contributed by atoms with van der Waals surface area (Å²) in [5, 5.41) is 0. The second-order valence-corrected chi connectivity index (χ2v) is 5.82. The van der Waals surface area contributed by atoms with Gasteiger partial charge in [-0.05, 0) is 12.1 Å². The van der Waals surface area contributed by atoms with Crippen LogP contribution in [0.25, 0.3) is 0 Å². The summed E-state index contributed by atoms with van der Waals surface area (Å²) in [6.45, 7) is 0. The SMILES string of the molecule is FC(F)(F)c1cc([B]c2cc(C(F)(F)F)cc(C(F)(F)F)c2)cc(C(F)(F)F)c1.[AlH2]. The maximum Gasteiger partial charge on any atom is 0.416 e. The molecule has 162 valence electrons. The Bertz CT molecular complexity index is 755. The van der Waals surface area contributed by atoms with Crippen molar-refractivity contribution in [3.8, 4) is 0 Å². The average molecular weight is 466 g/mol. The summed E-state index contributed by atoms with van der Waals surface area (Å²) in [6.07, 6.45) is -20.9. The van der Waals surface area contributed by atoms with E-state index < -0.39 is 57.9 Å². The molecule has 0 bridgehead atoms. The van der Waals surface area contributed by atoms with Crippen LogP contribution < -0.4 is 10.9 Å². The zero-order chi connectivity index (χ0) is 22.4. The molecular weight excluding hydrogens is 458 g/mol. The first-order chi connectivity index (χ1) is 12.9. The van der Waals surface area contributed by atoms with Crippen molar-refractivity contribution in [2.24, 2.45) is 0 Å². The Morgan fingerprint density at radius 2 is 0.600 bits per heavy atom. The molecule has 2 aromatic carbocycles. The maximum atomic E-state index is 12.8. The van der Waals surface area contributed by atoms with Crippen molar-refractivity contribution >= 4 is 35.6 Å². The maximum absolute atomic E-state index is 12.8. The van der Waals surface area contributed by atoms with Gasteiger partial charge in [0.25, 0.3) is 0 Å². The largest absolute Gasteiger partial charge is 0.416 e. The van der Waals surface area contributed by atoms with E-state index in [0.29, 0.717) is 7.28 Å². The van der Waals surface area contributed by atoms with Crippen LogP contribution in [0.3, 0.4) is 0 Å². The Hall–Kier alpha value is -1.80. The highest BCUT2D eigenvalue weighted by molar-refractivity contribution is 6.67. The molecule has 0 atom stereocenters. The third-order valence-corrected chi connectivity index (χ3v) is 3.55. The molecule has 0 fully saturated rings. The van der Waals surface area contributed by atoms with Gasteiger partial charge in [0.2, 0.25) is 0 Å². The number of benzene rings is 2. The molecule has 0 spiro atoms. The fourth-order valence-corrected chi connectivity index (χ4v) is 2.32. The first-order valence-corrected chi connectivity index (χ1v) is 7.31. The molecule has 0 amide bonds. The van der Waals surface area contributed by atoms with E-state index in [0.717, 1.165) is 0 Å². The summed E-state index contributed by atoms with van der Waals surface area (Å²) in [5.74, 6) is 0. The van der Waals surface area contributed by atoms with Gasteiger partial charge in [0.1, 0.15) is 17.4 Å². The molecule has 0 heterocycles. The Balaban J connectivity index is 0.00000450. The molecule has 0 aliphatic heterocycles. The van der Waals surface area contributed by atoms with Crippen LogP contribution in [-0.4, -0.2) is 24.6 Å². The summed E-state index contributed by atoms with van der Waals surface area (Å²) >= 11 is 0. The van der Waals surface area contributed by atoms with E-state index in [1.807, 2.05) is 0 Å². The van der Waals surface area contributed by atoms with Gasteiger partial charge in [-0.2, -0.15) is 52.7 Å². The number of hydrogen-bond donors (Lipinski definition) is 0. The minimum Gasteiger partial charge on any atom is -0.166 e. The molecule has 0 saturated carbocycles. The Morgan fingerprint density at radius 3 is 0.767 bits per heavy atom. The second-order valence-electron chi connectivity index (χ2n) is 5.82. The summed E-state index contributed by atoms with van der Waals surface area (Å²) in [4.78, 5) is 0. The van der Waals surface area contributed by atoms with E-state index in [2.05, 4.69) is 0 Å². The topological polar surface area (TPSA) is 0 Å². The highest BCUT2D eigenvalue weighted by Crippen LogP contribution is 2.36. The Kier molecular flexibility index (Phi) is 7.33. The molecule has 0 nitrogen and oxygen atoms in total. The Labute approximate surface area is 172 Å². The van der Waals surface area contributed by atoms with Crippen molar-refractivity contribution in [3.63, 3.8) is 0 Å². The summed E-state index contributed by atoms with van der Waals surface area (Å²) < 4.78 is 154. The van der Waals surface area contributed by atoms with E-state index in [9.17, 15) is 52.7 Å². The standard InChI is InChI=1S/C16H6BF12.Al.2H/c18-13(19,20)7-1-8(14(21,22)23)4-11(3-7)17-12-5-9(15(24,25)26)2-10(6-12)16(27,28)29;;;/h1-6H;;;. The van der Waals surface area contributed by atoms with E-state index in [4.69, 9.17) is 0 Å². The lowest BCUT2D eigenvalue weighted by atomic mass is 9.62. The quantitative estimate of drug-likeness (QED) is 0.452. The highest BCUT2D eigenvalue weighted by Gasteiger charge is 2.38. The van der Waals surface area contributed by atoms with Gasteiger partial charge >= 0.3 is 24.7 Å². The zero-order valence-corrected chi connectivity index (χ0v) is 16.6. The van der Waals surface area contributed by atoms with Crippen LogP contribution in [0.5, 0.6) is 0 Å². The average Bonchev–Trinajstić information content (AvgIpc) is 2.51.